The highest BCUT2D eigenvalue weighted by molar-refractivity contribution is 7.99. The molecule has 3 rings (SSSR count). The lowest BCUT2D eigenvalue weighted by Crippen LogP contribution is -2.23. The van der Waals surface area contributed by atoms with Crippen molar-refractivity contribution in [3.05, 3.63) is 16.0 Å². The second-order valence-corrected chi connectivity index (χ2v) is 7.05. The summed E-state index contributed by atoms with van der Waals surface area (Å²) in [6.45, 7) is 1.72. The first-order valence-electron chi connectivity index (χ1n) is 6.43. The summed E-state index contributed by atoms with van der Waals surface area (Å²) < 4.78 is 0. The third-order valence-corrected chi connectivity index (χ3v) is 5.89. The molecule has 0 aromatic carbocycles. The van der Waals surface area contributed by atoms with Crippen molar-refractivity contribution >= 4 is 34.0 Å². The minimum atomic E-state index is 0.0769. The molecule has 2 N–H and O–H groups in total. The summed E-state index contributed by atoms with van der Waals surface area (Å²) in [5, 5.41) is 16.3. The van der Waals surface area contributed by atoms with E-state index in [2.05, 4.69) is 16.7 Å². The molecule has 1 unspecified atom stereocenters. The minimum Gasteiger partial charge on any atom is -0.316 e. The number of anilines is 1. The number of rotatable bonds is 2. The lowest BCUT2D eigenvalue weighted by molar-refractivity contribution is -0.119. The first kappa shape index (κ1) is 13.0. The van der Waals surface area contributed by atoms with Gasteiger partial charge < -0.3 is 10.6 Å². The molecule has 0 bridgehead atoms. The molecule has 1 aromatic heterocycles. The lowest BCUT2D eigenvalue weighted by atomic mass is 10.0. The largest absolute Gasteiger partial charge is 0.316 e. The number of hydrogen-bond acceptors (Lipinski definition) is 5. The van der Waals surface area contributed by atoms with Gasteiger partial charge in [0.25, 0.3) is 0 Å². The molecule has 1 atom stereocenters. The number of nitrogens with one attached hydrogen (secondary N) is 2. The Hall–Kier alpha value is -1.03. The van der Waals surface area contributed by atoms with Crippen LogP contribution in [0.15, 0.2) is 0 Å². The van der Waals surface area contributed by atoms with Crippen LogP contribution in [0.1, 0.15) is 22.4 Å². The summed E-state index contributed by atoms with van der Waals surface area (Å²) in [6, 6.07) is 2.26. The van der Waals surface area contributed by atoms with Gasteiger partial charge in [-0.15, -0.1) is 11.3 Å². The van der Waals surface area contributed by atoms with E-state index in [1.54, 1.807) is 11.3 Å². The number of carbonyl (C=O) groups excluding carboxylic acids is 1. The highest BCUT2D eigenvalue weighted by atomic mass is 32.2. The van der Waals surface area contributed by atoms with Crippen molar-refractivity contribution in [2.45, 2.75) is 19.4 Å². The van der Waals surface area contributed by atoms with Crippen molar-refractivity contribution in [3.8, 4) is 6.07 Å². The normalized spacial score (nSPS) is 21.7. The van der Waals surface area contributed by atoms with Gasteiger partial charge in [-0.2, -0.15) is 17.0 Å². The molecule has 4 nitrogen and oxygen atoms in total. The summed E-state index contributed by atoms with van der Waals surface area (Å²) in [4.78, 5) is 13.3. The Balaban J connectivity index is 1.82. The fraction of sp³-hybridized carbons (Fsp3) is 0.538. The molecule has 1 amide bonds. The van der Waals surface area contributed by atoms with Gasteiger partial charge in [-0.1, -0.05) is 0 Å². The Morgan fingerprint density at radius 2 is 2.42 bits per heavy atom. The van der Waals surface area contributed by atoms with Crippen molar-refractivity contribution < 1.29 is 4.79 Å². The Morgan fingerprint density at radius 1 is 1.53 bits per heavy atom. The Morgan fingerprint density at radius 3 is 3.16 bits per heavy atom. The second-order valence-electron chi connectivity index (χ2n) is 4.80. The van der Waals surface area contributed by atoms with E-state index in [0.717, 1.165) is 48.0 Å². The molecule has 1 aromatic rings. The zero-order chi connectivity index (χ0) is 13.2. The van der Waals surface area contributed by atoms with Gasteiger partial charge in [0.1, 0.15) is 11.1 Å². The van der Waals surface area contributed by atoms with Crippen LogP contribution in [-0.2, 0) is 17.8 Å². The predicted octanol–water partition coefficient (Wildman–Crippen LogP) is 1.96. The highest BCUT2D eigenvalue weighted by Crippen LogP contribution is 2.35. The average Bonchev–Trinajstić information content (AvgIpc) is 3.05. The number of nitrogens with zero attached hydrogens (tertiary/aromatic N) is 1. The van der Waals surface area contributed by atoms with Gasteiger partial charge >= 0.3 is 0 Å². The van der Waals surface area contributed by atoms with Gasteiger partial charge in [0.05, 0.1) is 5.56 Å². The number of thioether (sulfide) groups is 1. The van der Waals surface area contributed by atoms with Crippen LogP contribution < -0.4 is 10.6 Å². The number of thiophene rings is 1. The van der Waals surface area contributed by atoms with E-state index in [-0.39, 0.29) is 11.8 Å². The molecule has 0 saturated carbocycles. The molecular formula is C13H15N3OS2. The van der Waals surface area contributed by atoms with E-state index < -0.39 is 0 Å². The van der Waals surface area contributed by atoms with Crippen molar-refractivity contribution in [3.63, 3.8) is 0 Å². The molecular weight excluding hydrogens is 278 g/mol. The van der Waals surface area contributed by atoms with E-state index in [1.807, 2.05) is 11.8 Å². The lowest BCUT2D eigenvalue weighted by Gasteiger charge is -2.11. The van der Waals surface area contributed by atoms with E-state index >= 15 is 0 Å². The Kier molecular flexibility index (Phi) is 3.78. The van der Waals surface area contributed by atoms with Crippen LogP contribution in [0.25, 0.3) is 0 Å². The maximum atomic E-state index is 12.2. The number of carbonyl (C=O) groups is 1. The molecule has 2 aliphatic rings. The van der Waals surface area contributed by atoms with E-state index in [4.69, 9.17) is 0 Å². The van der Waals surface area contributed by atoms with Crippen LogP contribution >= 0.6 is 23.1 Å². The van der Waals surface area contributed by atoms with Gasteiger partial charge in [-0.25, -0.2) is 0 Å². The summed E-state index contributed by atoms with van der Waals surface area (Å²) in [6.07, 6.45) is 1.83. The van der Waals surface area contributed by atoms with Crippen molar-refractivity contribution in [2.24, 2.45) is 5.92 Å². The predicted molar refractivity (Wildman–Crippen MR) is 78.5 cm³/mol. The first-order chi connectivity index (χ1) is 9.29. The van der Waals surface area contributed by atoms with Gasteiger partial charge in [0.15, 0.2) is 0 Å². The number of nitriles is 1. The minimum absolute atomic E-state index is 0.0769. The van der Waals surface area contributed by atoms with Crippen molar-refractivity contribution in [2.75, 3.05) is 23.4 Å². The molecule has 100 valence electrons. The number of fused-ring (bicyclic) bond motifs is 1. The summed E-state index contributed by atoms with van der Waals surface area (Å²) in [7, 11) is 0. The van der Waals surface area contributed by atoms with Gasteiger partial charge in [0, 0.05) is 23.1 Å². The topological polar surface area (TPSA) is 64.9 Å². The van der Waals surface area contributed by atoms with Crippen LogP contribution in [-0.4, -0.2) is 24.0 Å². The molecule has 0 radical (unpaired) electrons. The monoisotopic (exact) mass is 293 g/mol. The van der Waals surface area contributed by atoms with Crippen molar-refractivity contribution in [1.82, 2.24) is 5.32 Å². The van der Waals surface area contributed by atoms with E-state index in [1.165, 1.54) is 4.88 Å². The van der Waals surface area contributed by atoms with Crippen LogP contribution in [0.5, 0.6) is 0 Å². The van der Waals surface area contributed by atoms with E-state index in [9.17, 15) is 10.1 Å². The molecule has 6 heteroatoms. The third-order valence-electron chi connectivity index (χ3n) is 3.58. The average molecular weight is 293 g/mol. The number of hydrogen-bond donors (Lipinski definition) is 2. The van der Waals surface area contributed by atoms with Crippen molar-refractivity contribution in [1.29, 1.82) is 5.26 Å². The summed E-state index contributed by atoms with van der Waals surface area (Å²) in [5.41, 5.74) is 1.81. The highest BCUT2D eigenvalue weighted by Gasteiger charge is 2.26. The van der Waals surface area contributed by atoms with Gasteiger partial charge in [-0.05, 0) is 30.7 Å². The zero-order valence-corrected chi connectivity index (χ0v) is 12.1. The Labute approximate surface area is 120 Å². The van der Waals surface area contributed by atoms with Gasteiger partial charge in [-0.3, -0.25) is 4.79 Å². The molecule has 1 saturated heterocycles. The van der Waals surface area contributed by atoms with Crippen LogP contribution in [0.3, 0.4) is 0 Å². The Bertz CT molecular complexity index is 541. The summed E-state index contributed by atoms with van der Waals surface area (Å²) in [5.74, 6) is 2.15. The molecule has 0 aliphatic carbocycles. The first-order valence-corrected chi connectivity index (χ1v) is 8.40. The van der Waals surface area contributed by atoms with Crippen LogP contribution in [0.4, 0.5) is 5.00 Å². The molecule has 3 heterocycles. The van der Waals surface area contributed by atoms with Gasteiger partial charge in [0.2, 0.25) is 5.91 Å². The maximum Gasteiger partial charge on any atom is 0.228 e. The van der Waals surface area contributed by atoms with Crippen LogP contribution in [0.2, 0.25) is 0 Å². The summed E-state index contributed by atoms with van der Waals surface area (Å²) >= 11 is 3.38. The fourth-order valence-corrected chi connectivity index (χ4v) is 4.89. The second kappa shape index (κ2) is 5.53. The maximum absolute atomic E-state index is 12.2. The molecule has 0 spiro atoms. The quantitative estimate of drug-likeness (QED) is 0.875. The SMILES string of the molecule is N#Cc1c(NC(=O)C2CCSC2)sc2c1CCNC2. The molecule has 19 heavy (non-hydrogen) atoms. The zero-order valence-electron chi connectivity index (χ0n) is 10.5. The molecule has 2 aliphatic heterocycles. The fourth-order valence-electron chi connectivity index (χ4n) is 2.50. The van der Waals surface area contributed by atoms with Crippen LogP contribution in [0, 0.1) is 17.2 Å². The number of amides is 1. The molecule has 1 fully saturated rings. The smallest absolute Gasteiger partial charge is 0.228 e. The van der Waals surface area contributed by atoms with E-state index in [0.29, 0.717) is 5.56 Å². The standard InChI is InChI=1S/C13H15N3OS2/c14-5-10-9-1-3-15-6-11(9)19-13(10)16-12(17)8-2-4-18-7-8/h8,15H,1-4,6-7H2,(H,16,17). The third kappa shape index (κ3) is 2.50.